The molecular formula is C18H38N2. The first kappa shape index (κ1) is 18.0. The van der Waals surface area contributed by atoms with Crippen LogP contribution in [0.15, 0.2) is 0 Å². The Morgan fingerprint density at radius 2 is 1.70 bits per heavy atom. The van der Waals surface area contributed by atoms with Crippen molar-refractivity contribution in [1.82, 2.24) is 10.2 Å². The van der Waals surface area contributed by atoms with Crippen LogP contribution in [0.5, 0.6) is 0 Å². The molecule has 2 unspecified atom stereocenters. The van der Waals surface area contributed by atoms with E-state index in [2.05, 4.69) is 45.1 Å². The lowest BCUT2D eigenvalue weighted by molar-refractivity contribution is 0.0471. The van der Waals surface area contributed by atoms with Crippen LogP contribution in [0.1, 0.15) is 78.6 Å². The molecule has 120 valence electrons. The van der Waals surface area contributed by atoms with Crippen molar-refractivity contribution in [1.29, 1.82) is 0 Å². The zero-order valence-electron chi connectivity index (χ0n) is 14.7. The Morgan fingerprint density at radius 3 is 2.20 bits per heavy atom. The predicted octanol–water partition coefficient (Wildman–Crippen LogP) is 4.45. The van der Waals surface area contributed by atoms with Gasteiger partial charge in [-0.3, -0.25) is 0 Å². The summed E-state index contributed by atoms with van der Waals surface area (Å²) in [5, 5.41) is 3.91. The van der Waals surface area contributed by atoms with Gasteiger partial charge in [-0.05, 0) is 52.2 Å². The molecule has 0 spiro atoms. The van der Waals surface area contributed by atoms with Gasteiger partial charge in [-0.25, -0.2) is 0 Å². The van der Waals surface area contributed by atoms with Crippen LogP contribution in [0.4, 0.5) is 0 Å². The van der Waals surface area contributed by atoms with E-state index in [1.165, 1.54) is 64.3 Å². The van der Waals surface area contributed by atoms with Crippen molar-refractivity contribution in [3.05, 3.63) is 0 Å². The van der Waals surface area contributed by atoms with Gasteiger partial charge in [0, 0.05) is 11.6 Å². The standard InChI is InChI=1S/C18H38N2/c1-6-11-16(3)15-17(19-14-7-2)18(20(4)5)12-9-8-10-13-18/h16-17,19H,6-15H2,1-5H3. The van der Waals surface area contributed by atoms with Crippen molar-refractivity contribution in [3.63, 3.8) is 0 Å². The third-order valence-electron chi connectivity index (χ3n) is 5.32. The lowest BCUT2D eigenvalue weighted by Crippen LogP contribution is -2.60. The van der Waals surface area contributed by atoms with Crippen LogP contribution >= 0.6 is 0 Å². The number of hydrogen-bond acceptors (Lipinski definition) is 2. The third kappa shape index (κ3) is 4.73. The summed E-state index contributed by atoms with van der Waals surface area (Å²) in [7, 11) is 4.60. The minimum atomic E-state index is 0.398. The number of nitrogens with zero attached hydrogens (tertiary/aromatic N) is 1. The van der Waals surface area contributed by atoms with Crippen LogP contribution in [0.25, 0.3) is 0 Å². The maximum Gasteiger partial charge on any atom is 0.0356 e. The molecule has 0 saturated heterocycles. The first-order chi connectivity index (χ1) is 9.56. The summed E-state index contributed by atoms with van der Waals surface area (Å²) in [5.41, 5.74) is 0.398. The highest BCUT2D eigenvalue weighted by Gasteiger charge is 2.41. The fourth-order valence-corrected chi connectivity index (χ4v) is 4.10. The molecule has 1 rings (SSSR count). The fourth-order valence-electron chi connectivity index (χ4n) is 4.10. The second-order valence-corrected chi connectivity index (χ2v) is 7.19. The van der Waals surface area contributed by atoms with Crippen LogP contribution in [0.2, 0.25) is 0 Å². The van der Waals surface area contributed by atoms with Gasteiger partial charge in [0.25, 0.3) is 0 Å². The molecule has 0 heterocycles. The highest BCUT2D eigenvalue weighted by atomic mass is 15.2. The first-order valence-corrected chi connectivity index (χ1v) is 8.97. The van der Waals surface area contributed by atoms with Gasteiger partial charge in [0.15, 0.2) is 0 Å². The molecule has 1 fully saturated rings. The molecule has 1 aliphatic carbocycles. The van der Waals surface area contributed by atoms with E-state index in [0.29, 0.717) is 11.6 Å². The Labute approximate surface area is 127 Å². The van der Waals surface area contributed by atoms with Gasteiger partial charge in [-0.1, -0.05) is 52.9 Å². The largest absolute Gasteiger partial charge is 0.312 e. The minimum Gasteiger partial charge on any atom is -0.312 e. The van der Waals surface area contributed by atoms with E-state index in [4.69, 9.17) is 0 Å². The predicted molar refractivity (Wildman–Crippen MR) is 90.3 cm³/mol. The van der Waals surface area contributed by atoms with Crippen LogP contribution in [-0.4, -0.2) is 37.1 Å². The van der Waals surface area contributed by atoms with E-state index in [-0.39, 0.29) is 0 Å². The second-order valence-electron chi connectivity index (χ2n) is 7.19. The number of hydrogen-bond donors (Lipinski definition) is 1. The minimum absolute atomic E-state index is 0.398. The average Bonchev–Trinajstić information content (AvgIpc) is 2.44. The molecule has 0 aromatic rings. The molecule has 0 bridgehead atoms. The summed E-state index contributed by atoms with van der Waals surface area (Å²) >= 11 is 0. The summed E-state index contributed by atoms with van der Waals surface area (Å²) in [6.07, 6.45) is 12.3. The summed E-state index contributed by atoms with van der Waals surface area (Å²) in [6, 6.07) is 0.666. The van der Waals surface area contributed by atoms with E-state index in [0.717, 1.165) is 5.92 Å². The Morgan fingerprint density at radius 1 is 1.05 bits per heavy atom. The highest BCUT2D eigenvalue weighted by molar-refractivity contribution is 5.01. The zero-order chi connectivity index (χ0) is 15.0. The van der Waals surface area contributed by atoms with Gasteiger partial charge in [0.1, 0.15) is 0 Å². The Hall–Kier alpha value is -0.0800. The molecule has 2 atom stereocenters. The van der Waals surface area contributed by atoms with Gasteiger partial charge in [0.2, 0.25) is 0 Å². The van der Waals surface area contributed by atoms with Gasteiger partial charge < -0.3 is 10.2 Å². The van der Waals surface area contributed by atoms with Crippen LogP contribution in [0, 0.1) is 5.92 Å². The Balaban J connectivity index is 2.80. The molecule has 0 amide bonds. The molecule has 20 heavy (non-hydrogen) atoms. The van der Waals surface area contributed by atoms with Crippen LogP contribution < -0.4 is 5.32 Å². The van der Waals surface area contributed by atoms with Crippen molar-refractivity contribution in [3.8, 4) is 0 Å². The fraction of sp³-hybridized carbons (Fsp3) is 1.00. The molecule has 0 aromatic carbocycles. The monoisotopic (exact) mass is 282 g/mol. The maximum absolute atomic E-state index is 3.91. The second kappa shape index (κ2) is 9.04. The van der Waals surface area contributed by atoms with E-state index in [9.17, 15) is 0 Å². The summed E-state index contributed by atoms with van der Waals surface area (Å²) < 4.78 is 0. The maximum atomic E-state index is 3.91. The molecule has 0 radical (unpaired) electrons. The van der Waals surface area contributed by atoms with Crippen molar-refractivity contribution >= 4 is 0 Å². The molecule has 1 N–H and O–H groups in total. The first-order valence-electron chi connectivity index (χ1n) is 8.97. The van der Waals surface area contributed by atoms with E-state index >= 15 is 0 Å². The lowest BCUT2D eigenvalue weighted by atomic mass is 9.72. The lowest BCUT2D eigenvalue weighted by Gasteiger charge is -2.49. The summed E-state index contributed by atoms with van der Waals surface area (Å²) in [5.74, 6) is 0.841. The SMILES string of the molecule is CCCNC(CC(C)CCC)C1(N(C)C)CCCCC1. The quantitative estimate of drug-likeness (QED) is 0.672. The van der Waals surface area contributed by atoms with E-state index in [1.54, 1.807) is 0 Å². The average molecular weight is 283 g/mol. The summed E-state index contributed by atoms with van der Waals surface area (Å²) in [6.45, 7) is 8.20. The van der Waals surface area contributed by atoms with Crippen molar-refractivity contribution in [2.24, 2.45) is 5.92 Å². The summed E-state index contributed by atoms with van der Waals surface area (Å²) in [4.78, 5) is 2.54. The molecule has 1 aliphatic rings. The smallest absolute Gasteiger partial charge is 0.0356 e. The van der Waals surface area contributed by atoms with Crippen molar-refractivity contribution in [2.45, 2.75) is 90.1 Å². The topological polar surface area (TPSA) is 15.3 Å². The zero-order valence-corrected chi connectivity index (χ0v) is 14.7. The van der Waals surface area contributed by atoms with Gasteiger partial charge >= 0.3 is 0 Å². The van der Waals surface area contributed by atoms with E-state index < -0.39 is 0 Å². The van der Waals surface area contributed by atoms with Gasteiger partial charge in [0.05, 0.1) is 0 Å². The van der Waals surface area contributed by atoms with E-state index in [1.807, 2.05) is 0 Å². The number of likely N-dealkylation sites (N-methyl/N-ethyl adjacent to an activating group) is 1. The van der Waals surface area contributed by atoms with Crippen LogP contribution in [-0.2, 0) is 0 Å². The molecule has 0 aromatic heterocycles. The third-order valence-corrected chi connectivity index (χ3v) is 5.32. The molecular weight excluding hydrogens is 244 g/mol. The Kier molecular flexibility index (Phi) is 8.13. The van der Waals surface area contributed by atoms with Crippen molar-refractivity contribution < 1.29 is 0 Å². The highest BCUT2D eigenvalue weighted by Crippen LogP contribution is 2.37. The number of nitrogens with one attached hydrogen (secondary N) is 1. The van der Waals surface area contributed by atoms with Gasteiger partial charge in [-0.15, -0.1) is 0 Å². The normalized spacial score (nSPS) is 21.9. The molecule has 1 saturated carbocycles. The van der Waals surface area contributed by atoms with Crippen LogP contribution in [0.3, 0.4) is 0 Å². The molecule has 0 aliphatic heterocycles. The molecule has 2 nitrogen and oxygen atoms in total. The number of rotatable bonds is 9. The Bertz CT molecular complexity index is 244. The van der Waals surface area contributed by atoms with Gasteiger partial charge in [-0.2, -0.15) is 0 Å². The molecule has 2 heteroatoms. The van der Waals surface area contributed by atoms with Crippen molar-refractivity contribution in [2.75, 3.05) is 20.6 Å².